The Balaban J connectivity index is 1.59. The summed E-state index contributed by atoms with van der Waals surface area (Å²) in [6, 6.07) is 3.08. The topological polar surface area (TPSA) is 97.4 Å². The van der Waals surface area contributed by atoms with Crippen molar-refractivity contribution in [3.05, 3.63) is 34.8 Å². The maximum Gasteiger partial charge on any atom is 0.325 e. The maximum atomic E-state index is 13.1. The van der Waals surface area contributed by atoms with Gasteiger partial charge >= 0.3 is 6.03 Å². The predicted molar refractivity (Wildman–Crippen MR) is 105 cm³/mol. The third-order valence-corrected chi connectivity index (χ3v) is 6.38. The van der Waals surface area contributed by atoms with E-state index in [0.717, 1.165) is 29.9 Å². The molecule has 0 bridgehead atoms. The van der Waals surface area contributed by atoms with Crippen molar-refractivity contribution < 1.29 is 18.9 Å². The first kappa shape index (κ1) is 19.4. The van der Waals surface area contributed by atoms with Crippen LogP contribution in [0.3, 0.4) is 0 Å². The summed E-state index contributed by atoms with van der Waals surface area (Å²) in [7, 11) is 0. The normalized spacial score (nSPS) is 24.4. The van der Waals surface area contributed by atoms with E-state index in [2.05, 4.69) is 10.5 Å². The van der Waals surface area contributed by atoms with Crippen molar-refractivity contribution in [1.29, 1.82) is 0 Å². The fourth-order valence-corrected chi connectivity index (χ4v) is 4.72. The minimum Gasteiger partial charge on any atom is -0.360 e. The van der Waals surface area contributed by atoms with Crippen molar-refractivity contribution >= 4 is 17.7 Å². The lowest BCUT2D eigenvalue weighted by Gasteiger charge is -2.36. The van der Waals surface area contributed by atoms with Crippen LogP contribution < -0.4 is 5.32 Å². The SMILES string of the molecule is Cc1cc(-n2c(C)cc(C(=O)CN3C(=O)N[C@]4(CCCC[C@@H]4C)C3=O)c2C)no1. The third-order valence-electron chi connectivity index (χ3n) is 6.38. The number of ketones is 1. The molecule has 0 aromatic carbocycles. The van der Waals surface area contributed by atoms with Crippen LogP contribution in [0, 0.1) is 26.7 Å². The molecule has 1 saturated heterocycles. The van der Waals surface area contributed by atoms with Gasteiger partial charge in [-0.2, -0.15) is 0 Å². The van der Waals surface area contributed by atoms with Crippen LogP contribution >= 0.6 is 0 Å². The Kier molecular flexibility index (Phi) is 4.59. The van der Waals surface area contributed by atoms with Gasteiger partial charge in [-0.3, -0.25) is 19.1 Å². The number of amides is 3. The van der Waals surface area contributed by atoms with Crippen LogP contribution in [0.25, 0.3) is 5.82 Å². The van der Waals surface area contributed by atoms with Crippen molar-refractivity contribution in [2.75, 3.05) is 6.54 Å². The molecule has 2 atom stereocenters. The summed E-state index contributed by atoms with van der Waals surface area (Å²) in [6.07, 6.45) is 3.48. The van der Waals surface area contributed by atoms with Gasteiger partial charge in [0.05, 0.1) is 6.54 Å². The molecule has 0 unspecified atom stereocenters. The number of aromatic nitrogens is 2. The second-order valence-electron chi connectivity index (χ2n) is 8.28. The van der Waals surface area contributed by atoms with E-state index in [1.807, 2.05) is 25.3 Å². The molecule has 1 N–H and O–H groups in total. The van der Waals surface area contributed by atoms with Crippen molar-refractivity contribution in [2.45, 2.75) is 58.9 Å². The quantitative estimate of drug-likeness (QED) is 0.630. The third kappa shape index (κ3) is 2.97. The molecule has 3 amide bonds. The summed E-state index contributed by atoms with van der Waals surface area (Å²) in [4.78, 5) is 39.8. The first-order valence-corrected chi connectivity index (χ1v) is 10.0. The summed E-state index contributed by atoms with van der Waals surface area (Å²) < 4.78 is 6.98. The summed E-state index contributed by atoms with van der Waals surface area (Å²) >= 11 is 0. The Morgan fingerprint density at radius 3 is 2.69 bits per heavy atom. The minimum absolute atomic E-state index is 0.0632. The number of carbonyl (C=O) groups is 3. The molecule has 2 fully saturated rings. The number of hydrogen-bond donors (Lipinski definition) is 1. The van der Waals surface area contributed by atoms with Crippen LogP contribution in [0.2, 0.25) is 0 Å². The molecule has 2 aromatic rings. The summed E-state index contributed by atoms with van der Waals surface area (Å²) in [6.45, 7) is 7.23. The zero-order chi connectivity index (χ0) is 20.9. The molecule has 2 aliphatic rings. The fraction of sp³-hybridized carbons (Fsp3) is 0.524. The first-order valence-electron chi connectivity index (χ1n) is 10.0. The van der Waals surface area contributed by atoms with Gasteiger partial charge in [0.2, 0.25) is 0 Å². The van der Waals surface area contributed by atoms with E-state index in [4.69, 9.17) is 4.52 Å². The van der Waals surface area contributed by atoms with Gasteiger partial charge in [0.1, 0.15) is 11.3 Å². The molecule has 1 saturated carbocycles. The zero-order valence-corrected chi connectivity index (χ0v) is 17.2. The molecule has 8 heteroatoms. The van der Waals surface area contributed by atoms with Gasteiger partial charge in [-0.15, -0.1) is 0 Å². The predicted octanol–water partition coefficient (Wildman–Crippen LogP) is 3.07. The number of nitrogens with zero attached hydrogens (tertiary/aromatic N) is 3. The van der Waals surface area contributed by atoms with E-state index in [1.54, 1.807) is 19.1 Å². The van der Waals surface area contributed by atoms with Gasteiger partial charge < -0.3 is 9.84 Å². The van der Waals surface area contributed by atoms with E-state index in [-0.39, 0.29) is 24.2 Å². The molecule has 2 aromatic heterocycles. The molecule has 0 radical (unpaired) electrons. The smallest absolute Gasteiger partial charge is 0.325 e. The highest BCUT2D eigenvalue weighted by molar-refractivity contribution is 6.11. The Hall–Kier alpha value is -2.90. The van der Waals surface area contributed by atoms with Crippen molar-refractivity contribution in [2.24, 2.45) is 5.92 Å². The van der Waals surface area contributed by atoms with Gasteiger partial charge in [-0.1, -0.05) is 24.9 Å². The highest BCUT2D eigenvalue weighted by atomic mass is 16.5. The lowest BCUT2D eigenvalue weighted by atomic mass is 9.73. The second kappa shape index (κ2) is 6.86. The van der Waals surface area contributed by atoms with E-state index >= 15 is 0 Å². The van der Waals surface area contributed by atoms with Crippen molar-refractivity contribution in [1.82, 2.24) is 19.9 Å². The minimum atomic E-state index is -0.856. The lowest BCUT2D eigenvalue weighted by molar-refractivity contribution is -0.133. The number of urea groups is 1. The number of rotatable bonds is 4. The second-order valence-corrected chi connectivity index (χ2v) is 8.28. The average Bonchev–Trinajstić information content (AvgIpc) is 3.29. The average molecular weight is 398 g/mol. The van der Waals surface area contributed by atoms with Crippen molar-refractivity contribution in [3.8, 4) is 5.82 Å². The Bertz CT molecular complexity index is 1000. The van der Waals surface area contributed by atoms with Crippen LogP contribution in [-0.4, -0.2) is 44.4 Å². The highest BCUT2D eigenvalue weighted by Gasteiger charge is 2.55. The summed E-state index contributed by atoms with van der Waals surface area (Å²) in [5.41, 5.74) is 1.15. The number of imide groups is 1. The molecular formula is C21H26N4O4. The van der Waals surface area contributed by atoms with Crippen LogP contribution in [0.4, 0.5) is 4.79 Å². The summed E-state index contributed by atoms with van der Waals surface area (Å²) in [5.74, 6) is 0.791. The lowest BCUT2D eigenvalue weighted by Crippen LogP contribution is -2.54. The number of Topliss-reactive ketones (excluding diaryl/α,β-unsaturated/α-hetero) is 1. The van der Waals surface area contributed by atoms with Gasteiger partial charge in [-0.25, -0.2) is 4.79 Å². The number of aryl methyl sites for hydroxylation is 2. The monoisotopic (exact) mass is 398 g/mol. The highest BCUT2D eigenvalue weighted by Crippen LogP contribution is 2.38. The van der Waals surface area contributed by atoms with Crippen LogP contribution in [0.15, 0.2) is 16.7 Å². The molecule has 154 valence electrons. The van der Waals surface area contributed by atoms with Gasteiger partial charge in [0.25, 0.3) is 5.91 Å². The van der Waals surface area contributed by atoms with E-state index < -0.39 is 11.6 Å². The van der Waals surface area contributed by atoms with Gasteiger partial charge in [0, 0.05) is 23.0 Å². The Morgan fingerprint density at radius 1 is 1.28 bits per heavy atom. The van der Waals surface area contributed by atoms with Crippen LogP contribution in [-0.2, 0) is 4.79 Å². The number of hydrogen-bond acceptors (Lipinski definition) is 5. The largest absolute Gasteiger partial charge is 0.360 e. The van der Waals surface area contributed by atoms with E-state index in [0.29, 0.717) is 29.3 Å². The maximum absolute atomic E-state index is 13.1. The number of carbonyl (C=O) groups excluding carboxylic acids is 3. The molecule has 1 aliphatic heterocycles. The standard InChI is InChI=1S/C21H26N4O4/c1-12-7-5-6-8-21(12)19(27)24(20(28)22-21)11-17(26)16-9-13(2)25(15(16)4)18-10-14(3)29-23-18/h9-10,12H,5-8,11H2,1-4H3,(H,22,28)/t12-,21-/m0/s1. The zero-order valence-electron chi connectivity index (χ0n) is 17.2. The summed E-state index contributed by atoms with van der Waals surface area (Å²) in [5, 5.41) is 6.91. The molecular weight excluding hydrogens is 372 g/mol. The molecule has 4 rings (SSSR count). The van der Waals surface area contributed by atoms with Gasteiger partial charge in [0.15, 0.2) is 11.6 Å². The van der Waals surface area contributed by atoms with E-state index in [1.165, 1.54) is 0 Å². The molecule has 29 heavy (non-hydrogen) atoms. The Labute approximate surface area is 169 Å². The molecule has 1 aliphatic carbocycles. The Morgan fingerprint density at radius 2 is 2.03 bits per heavy atom. The number of nitrogens with one attached hydrogen (secondary N) is 1. The van der Waals surface area contributed by atoms with Crippen LogP contribution in [0.1, 0.15) is 60.1 Å². The van der Waals surface area contributed by atoms with E-state index in [9.17, 15) is 14.4 Å². The molecule has 1 spiro atoms. The molecule has 3 heterocycles. The van der Waals surface area contributed by atoms with Crippen molar-refractivity contribution in [3.63, 3.8) is 0 Å². The fourth-order valence-electron chi connectivity index (χ4n) is 4.72. The first-order chi connectivity index (χ1) is 13.7. The van der Waals surface area contributed by atoms with Gasteiger partial charge in [-0.05, 0) is 45.6 Å². The van der Waals surface area contributed by atoms with Crippen LogP contribution in [0.5, 0.6) is 0 Å². The molecule has 8 nitrogen and oxygen atoms in total.